The van der Waals surface area contributed by atoms with E-state index >= 15 is 0 Å². The highest BCUT2D eigenvalue weighted by molar-refractivity contribution is 9.10. The van der Waals surface area contributed by atoms with E-state index in [4.69, 9.17) is 4.52 Å². The quantitative estimate of drug-likeness (QED) is 0.550. The predicted molar refractivity (Wildman–Crippen MR) is 107 cm³/mol. The van der Waals surface area contributed by atoms with Gasteiger partial charge in [-0.3, -0.25) is 0 Å². The van der Waals surface area contributed by atoms with Crippen LogP contribution in [0.15, 0.2) is 48.9 Å². The van der Waals surface area contributed by atoms with E-state index in [-0.39, 0.29) is 11.8 Å². The van der Waals surface area contributed by atoms with Crippen molar-refractivity contribution < 1.29 is 12.9 Å². The Bertz CT molecular complexity index is 1010. The van der Waals surface area contributed by atoms with Crippen LogP contribution in [0.25, 0.3) is 0 Å². The third kappa shape index (κ3) is 4.02. The number of halogens is 1. The Morgan fingerprint density at radius 2 is 1.92 bits per heavy atom. The van der Waals surface area contributed by atoms with E-state index in [0.29, 0.717) is 14.4 Å². The minimum Gasteiger partial charge on any atom is -0.336 e. The van der Waals surface area contributed by atoms with Crippen LogP contribution in [0.2, 0.25) is 0 Å². The molecule has 1 atom stereocenters. The smallest absolute Gasteiger partial charge is 0.274 e. The number of nitrogens with zero attached hydrogens (tertiary/aromatic N) is 1. The first-order valence-electron chi connectivity index (χ1n) is 8.05. The molecule has 1 unspecified atom stereocenters. The number of hydrogen-bond donors (Lipinski definition) is 1. The lowest BCUT2D eigenvalue weighted by Gasteiger charge is -2.13. The second kappa shape index (κ2) is 7.54. The molecule has 3 aromatic rings. The summed E-state index contributed by atoms with van der Waals surface area (Å²) in [7, 11) is -3.75. The summed E-state index contributed by atoms with van der Waals surface area (Å²) in [6.45, 7) is 5.81. The van der Waals surface area contributed by atoms with E-state index in [1.165, 1.54) is 22.5 Å². The van der Waals surface area contributed by atoms with Crippen molar-refractivity contribution in [3.63, 3.8) is 0 Å². The lowest BCUT2D eigenvalue weighted by molar-refractivity contribution is 0.430. The second-order valence-corrected chi connectivity index (χ2v) is 9.86. The van der Waals surface area contributed by atoms with E-state index in [9.17, 15) is 8.42 Å². The van der Waals surface area contributed by atoms with Gasteiger partial charge in [0.1, 0.15) is 8.68 Å². The summed E-state index contributed by atoms with van der Waals surface area (Å²) in [5.41, 5.74) is 3.77. The maximum atomic E-state index is 12.8. The molecule has 0 amide bonds. The zero-order chi connectivity index (χ0) is 18.9. The number of rotatable bonds is 6. The molecule has 138 valence electrons. The highest BCUT2D eigenvalue weighted by Crippen LogP contribution is 2.34. The molecule has 26 heavy (non-hydrogen) atoms. The molecule has 2 heterocycles. The van der Waals surface area contributed by atoms with Crippen molar-refractivity contribution in [2.45, 2.75) is 37.3 Å². The van der Waals surface area contributed by atoms with Gasteiger partial charge in [-0.2, -0.15) is 0 Å². The summed E-state index contributed by atoms with van der Waals surface area (Å²) in [6.07, 6.45) is 0.768. The van der Waals surface area contributed by atoms with E-state index < -0.39 is 10.0 Å². The van der Waals surface area contributed by atoms with Crippen molar-refractivity contribution in [2.75, 3.05) is 4.72 Å². The van der Waals surface area contributed by atoms with Crippen molar-refractivity contribution in [3.05, 3.63) is 62.6 Å². The van der Waals surface area contributed by atoms with Gasteiger partial charge in [0.25, 0.3) is 15.9 Å². The summed E-state index contributed by atoms with van der Waals surface area (Å²) in [6, 6.07) is 10.2. The molecule has 5 nitrogen and oxygen atoms in total. The average molecular weight is 455 g/mol. The second-order valence-electron chi connectivity index (χ2n) is 6.27. The largest absolute Gasteiger partial charge is 0.336 e. The molecular formula is C18H19BrN2O3S2. The molecule has 0 bridgehead atoms. The molecule has 0 aliphatic heterocycles. The molecule has 1 aromatic carbocycles. The summed E-state index contributed by atoms with van der Waals surface area (Å²) in [5, 5.41) is 5.56. The van der Waals surface area contributed by atoms with Gasteiger partial charge in [0.05, 0.1) is 5.69 Å². The third-order valence-corrected chi connectivity index (χ3v) is 7.89. The van der Waals surface area contributed by atoms with Gasteiger partial charge in [-0.05, 0) is 64.7 Å². The van der Waals surface area contributed by atoms with E-state index in [0.717, 1.165) is 12.0 Å². The van der Waals surface area contributed by atoms with Gasteiger partial charge in [0.15, 0.2) is 0 Å². The van der Waals surface area contributed by atoms with Crippen LogP contribution in [-0.2, 0) is 16.4 Å². The molecule has 0 saturated carbocycles. The molecule has 2 aromatic heterocycles. The molecule has 0 spiro atoms. The first-order valence-corrected chi connectivity index (χ1v) is 11.2. The Labute approximate surface area is 165 Å². The Morgan fingerprint density at radius 3 is 2.54 bits per heavy atom. The van der Waals surface area contributed by atoms with Gasteiger partial charge in [-0.25, -0.2) is 13.1 Å². The standard InChI is InChI=1S/C18H19BrN2O3S2/c1-11-4-6-14(7-5-11)10-12(2)15-8-9-25-18(15)26(22,23)21-17-16(19)13(3)20-24-17/h4-9,12,21H,10H2,1-3H3. The van der Waals surface area contributed by atoms with Crippen LogP contribution in [0, 0.1) is 13.8 Å². The molecule has 0 aliphatic carbocycles. The van der Waals surface area contributed by atoms with Crippen LogP contribution in [0.5, 0.6) is 0 Å². The summed E-state index contributed by atoms with van der Waals surface area (Å²) in [4.78, 5) is 0. The number of anilines is 1. The fourth-order valence-corrected chi connectivity index (χ4v) is 5.64. The highest BCUT2D eigenvalue weighted by atomic mass is 79.9. The normalized spacial score (nSPS) is 12.9. The molecule has 0 fully saturated rings. The fourth-order valence-electron chi connectivity index (χ4n) is 2.67. The number of aryl methyl sites for hydroxylation is 2. The number of aromatic nitrogens is 1. The number of nitrogens with one attached hydrogen (secondary N) is 1. The summed E-state index contributed by atoms with van der Waals surface area (Å²) in [5.74, 6) is 0.156. The zero-order valence-electron chi connectivity index (χ0n) is 14.6. The van der Waals surface area contributed by atoms with Crippen LogP contribution >= 0.6 is 27.3 Å². The Kier molecular flexibility index (Phi) is 5.55. The first-order chi connectivity index (χ1) is 12.3. The zero-order valence-corrected chi connectivity index (χ0v) is 17.8. The van der Waals surface area contributed by atoms with Gasteiger partial charge in [-0.1, -0.05) is 41.9 Å². The van der Waals surface area contributed by atoms with Crippen LogP contribution in [0.1, 0.15) is 35.2 Å². The van der Waals surface area contributed by atoms with Crippen LogP contribution in [-0.4, -0.2) is 13.6 Å². The number of thiophene rings is 1. The molecule has 8 heteroatoms. The molecule has 0 saturated heterocycles. The third-order valence-electron chi connectivity index (χ3n) is 4.11. The van der Waals surface area contributed by atoms with Crippen molar-refractivity contribution >= 4 is 43.2 Å². The lowest BCUT2D eigenvalue weighted by atomic mass is 9.95. The van der Waals surface area contributed by atoms with Crippen molar-refractivity contribution in [1.29, 1.82) is 0 Å². The summed E-state index contributed by atoms with van der Waals surface area (Å²) >= 11 is 4.49. The fraction of sp³-hybridized carbons (Fsp3) is 0.278. The van der Waals surface area contributed by atoms with Crippen molar-refractivity contribution in [2.24, 2.45) is 0 Å². The topological polar surface area (TPSA) is 72.2 Å². The van der Waals surface area contributed by atoms with Gasteiger partial charge in [-0.15, -0.1) is 11.3 Å². The number of benzene rings is 1. The lowest BCUT2D eigenvalue weighted by Crippen LogP contribution is -2.14. The van der Waals surface area contributed by atoms with Gasteiger partial charge in [0.2, 0.25) is 0 Å². The van der Waals surface area contributed by atoms with Crippen molar-refractivity contribution in [1.82, 2.24) is 5.16 Å². The van der Waals surface area contributed by atoms with E-state index in [1.807, 2.05) is 19.9 Å². The maximum Gasteiger partial charge on any atom is 0.274 e. The van der Waals surface area contributed by atoms with E-state index in [1.54, 1.807) is 12.3 Å². The van der Waals surface area contributed by atoms with Crippen LogP contribution in [0.4, 0.5) is 5.88 Å². The van der Waals surface area contributed by atoms with Gasteiger partial charge < -0.3 is 4.52 Å². The Morgan fingerprint density at radius 1 is 1.23 bits per heavy atom. The summed E-state index contributed by atoms with van der Waals surface area (Å²) < 4.78 is 34.0. The van der Waals surface area contributed by atoms with Crippen LogP contribution in [0.3, 0.4) is 0 Å². The molecular weight excluding hydrogens is 436 g/mol. The molecule has 0 radical (unpaired) electrons. The molecule has 1 N–H and O–H groups in total. The average Bonchev–Trinajstić information content (AvgIpc) is 3.20. The highest BCUT2D eigenvalue weighted by Gasteiger charge is 2.26. The van der Waals surface area contributed by atoms with Gasteiger partial charge in [0, 0.05) is 0 Å². The monoisotopic (exact) mass is 454 g/mol. The number of sulfonamides is 1. The first kappa shape index (κ1) is 19.1. The minimum atomic E-state index is -3.75. The molecule has 3 rings (SSSR count). The minimum absolute atomic E-state index is 0.0652. The Balaban J connectivity index is 1.84. The SMILES string of the molecule is Cc1ccc(CC(C)c2ccsc2S(=O)(=O)Nc2onc(C)c2Br)cc1. The number of hydrogen-bond acceptors (Lipinski definition) is 5. The van der Waals surface area contributed by atoms with E-state index in [2.05, 4.69) is 50.1 Å². The molecule has 0 aliphatic rings. The van der Waals surface area contributed by atoms with Crippen LogP contribution < -0.4 is 4.72 Å². The van der Waals surface area contributed by atoms with Crippen molar-refractivity contribution in [3.8, 4) is 0 Å². The predicted octanol–water partition coefficient (Wildman–Crippen LogP) is 5.26. The van der Waals surface area contributed by atoms with Gasteiger partial charge >= 0.3 is 0 Å². The maximum absolute atomic E-state index is 12.8. The Hall–Kier alpha value is -1.64.